The van der Waals surface area contributed by atoms with E-state index in [0.717, 1.165) is 4.52 Å². The van der Waals surface area contributed by atoms with Crippen LogP contribution in [0, 0.1) is 0 Å². The van der Waals surface area contributed by atoms with Gasteiger partial charge in [-0.15, -0.1) is 15.3 Å². The van der Waals surface area contributed by atoms with E-state index in [2.05, 4.69) is 15.3 Å². The summed E-state index contributed by atoms with van der Waals surface area (Å²) in [6.07, 6.45) is 0. The fraction of sp³-hybridized carbons (Fsp3) is 0.143. The first-order valence-corrected chi connectivity index (χ1v) is 3.72. The summed E-state index contributed by atoms with van der Waals surface area (Å²) in [4.78, 5) is 10.7. The number of aromatic nitrogens is 4. The summed E-state index contributed by atoms with van der Waals surface area (Å²) in [5, 5.41) is 19.7. The molecule has 0 aliphatic heterocycles. The number of aromatic carboxylic acids is 1. The van der Waals surface area contributed by atoms with Gasteiger partial charge < -0.3 is 9.84 Å². The van der Waals surface area contributed by atoms with Crippen molar-refractivity contribution < 1.29 is 14.6 Å². The van der Waals surface area contributed by atoms with Gasteiger partial charge in [-0.1, -0.05) is 0 Å². The van der Waals surface area contributed by atoms with E-state index in [0.29, 0.717) is 11.5 Å². The number of methoxy groups -OCH3 is 1. The average molecular weight is 194 g/mol. The van der Waals surface area contributed by atoms with Gasteiger partial charge in [0, 0.05) is 6.07 Å². The van der Waals surface area contributed by atoms with Gasteiger partial charge in [0.2, 0.25) is 5.88 Å². The summed E-state index contributed by atoms with van der Waals surface area (Å²) in [6, 6.07) is 3.15. The van der Waals surface area contributed by atoms with E-state index in [1.807, 2.05) is 0 Å². The maximum atomic E-state index is 10.7. The Kier molecular flexibility index (Phi) is 1.77. The van der Waals surface area contributed by atoms with Crippen molar-refractivity contribution >= 4 is 11.6 Å². The molecule has 2 heterocycles. The minimum Gasteiger partial charge on any atom is -0.480 e. The van der Waals surface area contributed by atoms with Crippen LogP contribution in [0.15, 0.2) is 12.1 Å². The average Bonchev–Trinajstić information content (AvgIpc) is 2.59. The standard InChI is InChI=1S/C7H6N4O3/c1-14-5-3-2-4-8-9-6(7(12)13)11(4)10-5/h2-3H,1H3,(H,12,13). The Morgan fingerprint density at radius 2 is 2.29 bits per heavy atom. The Hall–Kier alpha value is -2.18. The van der Waals surface area contributed by atoms with Crippen molar-refractivity contribution in [2.45, 2.75) is 0 Å². The fourth-order valence-electron chi connectivity index (χ4n) is 1.01. The van der Waals surface area contributed by atoms with Crippen LogP contribution >= 0.6 is 0 Å². The van der Waals surface area contributed by atoms with Crippen molar-refractivity contribution in [2.24, 2.45) is 0 Å². The number of hydrogen-bond donors (Lipinski definition) is 1. The van der Waals surface area contributed by atoms with Gasteiger partial charge in [0.25, 0.3) is 5.82 Å². The van der Waals surface area contributed by atoms with E-state index in [1.165, 1.54) is 7.11 Å². The van der Waals surface area contributed by atoms with Crippen LogP contribution in [0.25, 0.3) is 5.65 Å². The van der Waals surface area contributed by atoms with Crippen molar-refractivity contribution in [2.75, 3.05) is 7.11 Å². The highest BCUT2D eigenvalue weighted by Crippen LogP contribution is 2.08. The zero-order valence-electron chi connectivity index (χ0n) is 7.21. The normalized spacial score (nSPS) is 10.4. The Bertz CT molecular complexity index is 493. The summed E-state index contributed by atoms with van der Waals surface area (Å²) in [7, 11) is 1.44. The van der Waals surface area contributed by atoms with Gasteiger partial charge in [0.15, 0.2) is 5.65 Å². The Morgan fingerprint density at radius 3 is 2.93 bits per heavy atom. The Morgan fingerprint density at radius 1 is 1.50 bits per heavy atom. The summed E-state index contributed by atoms with van der Waals surface area (Å²) < 4.78 is 5.96. The smallest absolute Gasteiger partial charge is 0.375 e. The molecule has 2 rings (SSSR count). The molecule has 7 heteroatoms. The van der Waals surface area contributed by atoms with Crippen LogP contribution < -0.4 is 4.74 Å². The largest absolute Gasteiger partial charge is 0.480 e. The SMILES string of the molecule is COc1ccc2nnc(C(=O)O)n2n1. The summed E-state index contributed by atoms with van der Waals surface area (Å²) in [5.74, 6) is -1.11. The Labute approximate surface area is 77.9 Å². The molecule has 0 spiro atoms. The first-order chi connectivity index (χ1) is 6.72. The second-order valence-electron chi connectivity index (χ2n) is 2.47. The third-order valence-corrected chi connectivity index (χ3v) is 1.64. The highest BCUT2D eigenvalue weighted by atomic mass is 16.5. The van der Waals surface area contributed by atoms with Crippen molar-refractivity contribution in [1.82, 2.24) is 19.8 Å². The lowest BCUT2D eigenvalue weighted by Gasteiger charge is -1.98. The van der Waals surface area contributed by atoms with Crippen molar-refractivity contribution in [3.05, 3.63) is 18.0 Å². The number of carbonyl (C=O) groups is 1. The van der Waals surface area contributed by atoms with Crippen LogP contribution in [0.4, 0.5) is 0 Å². The molecule has 0 aliphatic carbocycles. The van der Waals surface area contributed by atoms with Crippen molar-refractivity contribution in [3.8, 4) is 5.88 Å². The molecule has 2 aromatic heterocycles. The molecule has 0 fully saturated rings. The van der Waals surface area contributed by atoms with Gasteiger partial charge in [-0.05, 0) is 6.07 Å². The predicted octanol–water partition coefficient (Wildman–Crippen LogP) is -0.169. The zero-order valence-corrected chi connectivity index (χ0v) is 7.21. The second kappa shape index (κ2) is 2.95. The molecule has 0 amide bonds. The van der Waals surface area contributed by atoms with Gasteiger partial charge in [0.05, 0.1) is 7.11 Å². The highest BCUT2D eigenvalue weighted by molar-refractivity contribution is 5.84. The summed E-state index contributed by atoms with van der Waals surface area (Å²) in [5.41, 5.74) is 0.364. The van der Waals surface area contributed by atoms with Crippen molar-refractivity contribution in [1.29, 1.82) is 0 Å². The summed E-state index contributed by atoms with van der Waals surface area (Å²) in [6.45, 7) is 0. The zero-order chi connectivity index (χ0) is 10.1. The number of nitrogens with zero attached hydrogens (tertiary/aromatic N) is 4. The van der Waals surface area contributed by atoms with E-state index in [4.69, 9.17) is 9.84 Å². The lowest BCUT2D eigenvalue weighted by molar-refractivity contribution is 0.0680. The molecule has 0 aromatic carbocycles. The van der Waals surface area contributed by atoms with Gasteiger partial charge in [-0.25, -0.2) is 4.79 Å². The third kappa shape index (κ3) is 1.15. The quantitative estimate of drug-likeness (QED) is 0.713. The van der Waals surface area contributed by atoms with E-state index >= 15 is 0 Å². The fourth-order valence-corrected chi connectivity index (χ4v) is 1.01. The summed E-state index contributed by atoms with van der Waals surface area (Å²) >= 11 is 0. The minimum absolute atomic E-state index is 0.237. The molecule has 0 atom stereocenters. The molecule has 1 N–H and O–H groups in total. The van der Waals surface area contributed by atoms with E-state index < -0.39 is 5.97 Å². The number of carboxylic acids is 1. The lowest BCUT2D eigenvalue weighted by atomic mass is 10.5. The molecule has 0 radical (unpaired) electrons. The highest BCUT2D eigenvalue weighted by Gasteiger charge is 2.13. The number of carboxylic acid groups (broad SMARTS) is 1. The van der Waals surface area contributed by atoms with Crippen LogP contribution in [-0.2, 0) is 0 Å². The van der Waals surface area contributed by atoms with E-state index in [1.54, 1.807) is 12.1 Å². The molecule has 0 bridgehead atoms. The topological polar surface area (TPSA) is 89.6 Å². The number of rotatable bonds is 2. The lowest BCUT2D eigenvalue weighted by Crippen LogP contribution is -2.06. The monoisotopic (exact) mass is 194 g/mol. The molecule has 0 aliphatic rings. The van der Waals surface area contributed by atoms with Gasteiger partial charge in [-0.2, -0.15) is 4.52 Å². The van der Waals surface area contributed by atoms with Gasteiger partial charge >= 0.3 is 5.97 Å². The predicted molar refractivity (Wildman–Crippen MR) is 44.3 cm³/mol. The number of hydrogen-bond acceptors (Lipinski definition) is 5. The molecule has 14 heavy (non-hydrogen) atoms. The first kappa shape index (κ1) is 8.42. The van der Waals surface area contributed by atoms with Crippen molar-refractivity contribution in [3.63, 3.8) is 0 Å². The molecular formula is C7H6N4O3. The molecule has 0 saturated heterocycles. The molecule has 72 valence electrons. The molecule has 0 saturated carbocycles. The first-order valence-electron chi connectivity index (χ1n) is 3.72. The van der Waals surface area contributed by atoms with Gasteiger partial charge in [-0.3, -0.25) is 0 Å². The number of ether oxygens (including phenoxy) is 1. The van der Waals surface area contributed by atoms with Crippen LogP contribution in [0.2, 0.25) is 0 Å². The van der Waals surface area contributed by atoms with Crippen LogP contribution in [0.3, 0.4) is 0 Å². The second-order valence-corrected chi connectivity index (χ2v) is 2.47. The third-order valence-electron chi connectivity index (χ3n) is 1.64. The van der Waals surface area contributed by atoms with Crippen LogP contribution in [0.1, 0.15) is 10.6 Å². The van der Waals surface area contributed by atoms with E-state index in [-0.39, 0.29) is 5.82 Å². The molecule has 2 aromatic rings. The molecule has 7 nitrogen and oxygen atoms in total. The number of fused-ring (bicyclic) bond motifs is 1. The van der Waals surface area contributed by atoms with Gasteiger partial charge in [0.1, 0.15) is 0 Å². The maximum Gasteiger partial charge on any atom is 0.375 e. The molecular weight excluding hydrogens is 188 g/mol. The maximum absolute atomic E-state index is 10.7. The molecule has 0 unspecified atom stereocenters. The van der Waals surface area contributed by atoms with Crippen LogP contribution in [0.5, 0.6) is 5.88 Å². The Balaban J connectivity index is 2.69. The minimum atomic E-state index is -1.18. The van der Waals surface area contributed by atoms with E-state index in [9.17, 15) is 4.79 Å². The van der Waals surface area contributed by atoms with Crippen LogP contribution in [-0.4, -0.2) is 38.0 Å².